The van der Waals surface area contributed by atoms with Gasteiger partial charge < -0.3 is 5.73 Å². The molecule has 0 spiro atoms. The Hall–Kier alpha value is -1.73. The predicted octanol–water partition coefficient (Wildman–Crippen LogP) is 3.83. The molecule has 3 rings (SSSR count). The number of nitrogens with two attached hydrogens (primary N) is 1. The molecular formula is C17H17ClN2O2S2. The maximum atomic E-state index is 12.7. The fourth-order valence-electron chi connectivity index (χ4n) is 2.22. The van der Waals surface area contributed by atoms with Crippen molar-refractivity contribution in [3.05, 3.63) is 65.3 Å². The van der Waals surface area contributed by atoms with E-state index in [1.165, 1.54) is 6.20 Å². The summed E-state index contributed by atoms with van der Waals surface area (Å²) in [6.45, 7) is 2.26. The molecule has 2 N–H and O–H groups in total. The molecule has 0 aliphatic carbocycles. The van der Waals surface area contributed by atoms with Crippen LogP contribution in [0.3, 0.4) is 0 Å². The lowest BCUT2D eigenvalue weighted by atomic mass is 10.0. The zero-order valence-electron chi connectivity index (χ0n) is 13.0. The third kappa shape index (κ3) is 3.67. The van der Waals surface area contributed by atoms with Crippen LogP contribution in [0, 0.1) is 6.92 Å². The highest BCUT2D eigenvalue weighted by atomic mass is 35.5. The summed E-state index contributed by atoms with van der Waals surface area (Å²) in [5, 5.41) is 0.610. The highest BCUT2D eigenvalue weighted by Gasteiger charge is 2.21. The van der Waals surface area contributed by atoms with Gasteiger partial charge in [0.2, 0.25) is 9.84 Å². The zero-order valence-corrected chi connectivity index (χ0v) is 15.4. The summed E-state index contributed by atoms with van der Waals surface area (Å²) >= 11 is 1.11. The van der Waals surface area contributed by atoms with Crippen LogP contribution in [0.5, 0.6) is 0 Å². The summed E-state index contributed by atoms with van der Waals surface area (Å²) in [5.74, 6) is 0. The van der Waals surface area contributed by atoms with Crippen LogP contribution in [-0.2, 0) is 16.4 Å². The molecule has 0 aliphatic rings. The number of nitrogens with zero attached hydrogens (tertiary/aromatic N) is 1. The molecule has 0 aliphatic heterocycles. The molecule has 0 bridgehead atoms. The van der Waals surface area contributed by atoms with Gasteiger partial charge in [0.25, 0.3) is 0 Å². The molecule has 0 saturated carbocycles. The van der Waals surface area contributed by atoms with Crippen LogP contribution < -0.4 is 5.73 Å². The number of benzene rings is 2. The van der Waals surface area contributed by atoms with Gasteiger partial charge in [-0.3, -0.25) is 0 Å². The second-order valence-electron chi connectivity index (χ2n) is 5.17. The maximum Gasteiger partial charge on any atom is 0.217 e. The smallest absolute Gasteiger partial charge is 0.217 e. The number of sulfone groups is 1. The largest absolute Gasteiger partial charge is 0.325 e. The van der Waals surface area contributed by atoms with Crippen LogP contribution in [0.4, 0.5) is 0 Å². The molecule has 4 nitrogen and oxygen atoms in total. The Balaban J connectivity index is 0.00000208. The number of aryl methyl sites for hydroxylation is 1. The first-order valence-electron chi connectivity index (χ1n) is 7.07. The van der Waals surface area contributed by atoms with E-state index in [1.54, 1.807) is 18.2 Å². The van der Waals surface area contributed by atoms with Crippen molar-refractivity contribution in [3.8, 4) is 11.1 Å². The number of aromatic nitrogens is 1. The first kappa shape index (κ1) is 18.6. The van der Waals surface area contributed by atoms with Gasteiger partial charge in [-0.05, 0) is 30.2 Å². The van der Waals surface area contributed by atoms with Crippen molar-refractivity contribution in [3.63, 3.8) is 0 Å². The third-order valence-corrected chi connectivity index (χ3v) is 6.73. The summed E-state index contributed by atoms with van der Waals surface area (Å²) < 4.78 is 25.7. The molecule has 126 valence electrons. The molecular weight excluding hydrogens is 364 g/mol. The van der Waals surface area contributed by atoms with Gasteiger partial charge >= 0.3 is 0 Å². The average Bonchev–Trinajstić information content (AvgIpc) is 3.05. The van der Waals surface area contributed by atoms with Gasteiger partial charge in [-0.1, -0.05) is 42.0 Å². The Labute approximate surface area is 151 Å². The Morgan fingerprint density at radius 3 is 2.42 bits per heavy atom. The van der Waals surface area contributed by atoms with Crippen molar-refractivity contribution in [1.82, 2.24) is 4.98 Å². The molecule has 1 heterocycles. The molecule has 7 heteroatoms. The van der Waals surface area contributed by atoms with Gasteiger partial charge in [-0.15, -0.1) is 23.7 Å². The maximum absolute atomic E-state index is 12.7. The van der Waals surface area contributed by atoms with Gasteiger partial charge in [0.05, 0.1) is 11.1 Å². The monoisotopic (exact) mass is 380 g/mol. The molecule has 0 radical (unpaired) electrons. The van der Waals surface area contributed by atoms with Crippen LogP contribution in [0.1, 0.15) is 10.6 Å². The van der Waals surface area contributed by atoms with Crippen LogP contribution in [0.2, 0.25) is 0 Å². The normalized spacial score (nSPS) is 11.1. The molecule has 0 amide bonds. The summed E-state index contributed by atoms with van der Waals surface area (Å²) in [4.78, 5) is 4.30. The summed E-state index contributed by atoms with van der Waals surface area (Å²) in [7, 11) is -3.57. The number of halogens is 1. The Bertz CT molecular complexity index is 935. The third-order valence-electron chi connectivity index (χ3n) is 3.50. The minimum atomic E-state index is -3.57. The number of thiazole rings is 1. The Morgan fingerprint density at radius 2 is 1.79 bits per heavy atom. The van der Waals surface area contributed by atoms with Gasteiger partial charge in [0.15, 0.2) is 0 Å². The summed E-state index contributed by atoms with van der Waals surface area (Å²) in [6, 6.07) is 15.0. The number of hydrogen-bond acceptors (Lipinski definition) is 5. The second kappa shape index (κ2) is 7.44. The van der Waals surface area contributed by atoms with Crippen LogP contribution in [-0.4, -0.2) is 13.4 Å². The van der Waals surface area contributed by atoms with E-state index in [9.17, 15) is 8.42 Å². The van der Waals surface area contributed by atoms with Crippen molar-refractivity contribution in [1.29, 1.82) is 0 Å². The first-order valence-corrected chi connectivity index (χ1v) is 9.37. The molecule has 2 aromatic carbocycles. The zero-order chi connectivity index (χ0) is 16.4. The van der Waals surface area contributed by atoms with Crippen molar-refractivity contribution < 1.29 is 8.42 Å². The van der Waals surface area contributed by atoms with Gasteiger partial charge in [-0.25, -0.2) is 13.4 Å². The molecule has 0 fully saturated rings. The summed E-state index contributed by atoms with van der Waals surface area (Å²) in [6.07, 6.45) is 1.38. The van der Waals surface area contributed by atoms with Crippen molar-refractivity contribution in [2.75, 3.05) is 0 Å². The second-order valence-corrected chi connectivity index (χ2v) is 8.47. The highest BCUT2D eigenvalue weighted by molar-refractivity contribution is 7.93. The van der Waals surface area contributed by atoms with E-state index < -0.39 is 9.84 Å². The van der Waals surface area contributed by atoms with E-state index in [1.807, 2.05) is 37.3 Å². The molecule has 0 saturated heterocycles. The van der Waals surface area contributed by atoms with E-state index >= 15 is 0 Å². The molecule has 1 aromatic heterocycles. The van der Waals surface area contributed by atoms with E-state index in [-0.39, 0.29) is 28.1 Å². The van der Waals surface area contributed by atoms with Crippen LogP contribution in [0.25, 0.3) is 11.1 Å². The highest BCUT2D eigenvalue weighted by Crippen LogP contribution is 2.29. The lowest BCUT2D eigenvalue weighted by Crippen LogP contribution is -1.99. The quantitative estimate of drug-likeness (QED) is 0.746. The minimum absolute atomic E-state index is 0. The standard InChI is InChI=1S/C17H16N2O2S2.ClH/c1-12-5-7-13(8-6-12)14-3-2-4-15(9-14)23(20,21)17-11-19-16(10-18)22-17;/h2-9,11H,10,18H2,1H3;1H. The molecule has 24 heavy (non-hydrogen) atoms. The Morgan fingerprint density at radius 1 is 1.08 bits per heavy atom. The minimum Gasteiger partial charge on any atom is -0.325 e. The van der Waals surface area contributed by atoms with E-state index in [2.05, 4.69) is 4.98 Å². The Kier molecular flexibility index (Phi) is 5.77. The van der Waals surface area contributed by atoms with E-state index in [4.69, 9.17) is 5.73 Å². The lowest BCUT2D eigenvalue weighted by Gasteiger charge is -2.06. The van der Waals surface area contributed by atoms with Crippen molar-refractivity contribution in [2.24, 2.45) is 5.73 Å². The number of rotatable bonds is 4. The fraction of sp³-hybridized carbons (Fsp3) is 0.118. The SMILES string of the molecule is Cc1ccc(-c2cccc(S(=O)(=O)c3cnc(CN)s3)c2)cc1.Cl. The molecule has 3 aromatic rings. The topological polar surface area (TPSA) is 73.0 Å². The molecule has 0 unspecified atom stereocenters. The van der Waals surface area contributed by atoms with E-state index in [0.717, 1.165) is 28.0 Å². The summed E-state index contributed by atoms with van der Waals surface area (Å²) in [5.41, 5.74) is 8.53. The van der Waals surface area contributed by atoms with Crippen LogP contribution >= 0.6 is 23.7 Å². The van der Waals surface area contributed by atoms with Crippen molar-refractivity contribution in [2.45, 2.75) is 22.6 Å². The predicted molar refractivity (Wildman–Crippen MR) is 99.3 cm³/mol. The average molecular weight is 381 g/mol. The van der Waals surface area contributed by atoms with Crippen LogP contribution in [0.15, 0.2) is 63.8 Å². The fourth-order valence-corrected chi connectivity index (χ4v) is 4.72. The van der Waals surface area contributed by atoms with Gasteiger partial charge in [0.1, 0.15) is 9.22 Å². The molecule has 0 atom stereocenters. The lowest BCUT2D eigenvalue weighted by molar-refractivity contribution is 0.598. The van der Waals surface area contributed by atoms with E-state index in [0.29, 0.717) is 5.01 Å². The number of hydrogen-bond donors (Lipinski definition) is 1. The van der Waals surface area contributed by atoms with Gasteiger partial charge in [-0.2, -0.15) is 0 Å². The first-order chi connectivity index (χ1) is 11.0. The van der Waals surface area contributed by atoms with Crippen molar-refractivity contribution >= 4 is 33.6 Å². The van der Waals surface area contributed by atoms with Gasteiger partial charge in [0, 0.05) is 6.54 Å².